The first-order valence-electron chi connectivity index (χ1n) is 23.7. The fourth-order valence-electron chi connectivity index (χ4n) is 8.72. The molecule has 7 heterocycles. The SMILES string of the molecule is CC(C)(C)C(=O)n1ccc2c(-c3cnn(C4(CC#N)CCC4)c3)ncnc21.CN=S(=O)(C1CC1)N1CC(CC#N)(n2cc(-c3ncnc4c3ccn4C(=O)C(C)(C)C)cn2)C1.CNS(=O)(=O)C1CC1.ClC(Cl)Cl. The molecule has 1 N–H and O–H groups in total. The van der Waals surface area contributed by atoms with Crippen LogP contribution >= 0.6 is 34.8 Å². The molecule has 0 radical (unpaired) electrons. The molecule has 1 unspecified atom stereocenters. The van der Waals surface area contributed by atoms with E-state index in [1.54, 1.807) is 45.7 Å². The lowest BCUT2D eigenvalue weighted by atomic mass is 9.75. The van der Waals surface area contributed by atoms with Gasteiger partial charge in [-0.05, 0) is 64.1 Å². The van der Waals surface area contributed by atoms with Gasteiger partial charge in [-0.1, -0.05) is 76.3 Å². The molecule has 25 heteroatoms. The highest BCUT2D eigenvalue weighted by Crippen LogP contribution is 2.43. The van der Waals surface area contributed by atoms with Crippen LogP contribution in [0.4, 0.5) is 0 Å². The Bertz CT molecular complexity index is 3330. The molecule has 20 nitrogen and oxygen atoms in total. The average molecular weight is 1100 g/mol. The third-order valence-corrected chi connectivity index (χ3v) is 18.0. The van der Waals surface area contributed by atoms with Crippen LogP contribution in [0.1, 0.15) is 109 Å². The van der Waals surface area contributed by atoms with E-state index in [4.69, 9.17) is 40.1 Å². The van der Waals surface area contributed by atoms with Crippen molar-refractivity contribution in [2.45, 2.75) is 125 Å². The van der Waals surface area contributed by atoms with E-state index in [0.717, 1.165) is 72.5 Å². The van der Waals surface area contributed by atoms with Crippen LogP contribution in [-0.2, 0) is 31.0 Å². The number of alkyl halides is 3. The van der Waals surface area contributed by atoms with Crippen LogP contribution in [0.15, 0.2) is 66.3 Å². The topological polar surface area (TPSA) is 258 Å². The number of nitriles is 2. The predicted molar refractivity (Wildman–Crippen MR) is 281 cm³/mol. The van der Waals surface area contributed by atoms with Crippen molar-refractivity contribution >= 4 is 88.6 Å². The van der Waals surface area contributed by atoms with E-state index in [-0.39, 0.29) is 34.3 Å². The zero-order chi connectivity index (χ0) is 53.3. The van der Waals surface area contributed by atoms with Crippen molar-refractivity contribution in [2.75, 3.05) is 27.2 Å². The second kappa shape index (κ2) is 21.5. The van der Waals surface area contributed by atoms with Gasteiger partial charge in [-0.2, -0.15) is 20.7 Å². The van der Waals surface area contributed by atoms with Gasteiger partial charge in [-0.3, -0.25) is 28.1 Å². The average Bonchev–Trinajstić information content (AvgIpc) is 4.15. The van der Waals surface area contributed by atoms with Crippen LogP contribution in [0.2, 0.25) is 0 Å². The first kappa shape index (κ1) is 55.4. The summed E-state index contributed by atoms with van der Waals surface area (Å²) in [6.45, 7) is 12.2. The minimum atomic E-state index is -2.88. The molecule has 0 spiro atoms. The summed E-state index contributed by atoms with van der Waals surface area (Å²) in [4.78, 5) is 43.2. The summed E-state index contributed by atoms with van der Waals surface area (Å²) in [6, 6.07) is 8.28. The van der Waals surface area contributed by atoms with Gasteiger partial charge in [0, 0.05) is 77.7 Å². The van der Waals surface area contributed by atoms with Crippen LogP contribution in [0.25, 0.3) is 44.6 Å². The molecular formula is C48H60Cl3N15O5S2. The van der Waals surface area contributed by atoms with Crippen molar-refractivity contribution in [1.82, 2.24) is 57.7 Å². The van der Waals surface area contributed by atoms with Crippen molar-refractivity contribution in [3.05, 3.63) is 62.0 Å². The molecule has 3 aliphatic carbocycles. The highest BCUT2D eigenvalue weighted by molar-refractivity contribution is 7.92. The van der Waals surface area contributed by atoms with Crippen molar-refractivity contribution < 1.29 is 22.2 Å². The number of rotatable bonds is 10. The van der Waals surface area contributed by atoms with E-state index < -0.39 is 40.6 Å². The second-order valence-corrected chi connectivity index (χ2v) is 27.4. The minimum absolute atomic E-state index is 0.0136. The van der Waals surface area contributed by atoms with Gasteiger partial charge in [0.1, 0.15) is 28.1 Å². The van der Waals surface area contributed by atoms with Crippen molar-refractivity contribution in [2.24, 2.45) is 15.2 Å². The van der Waals surface area contributed by atoms with Crippen LogP contribution in [0.5, 0.6) is 0 Å². The van der Waals surface area contributed by atoms with Crippen LogP contribution < -0.4 is 4.72 Å². The number of halogens is 3. The van der Waals surface area contributed by atoms with Gasteiger partial charge in [0.25, 0.3) is 0 Å². The third kappa shape index (κ3) is 11.7. The molecular weight excluding hydrogens is 1040 g/mol. The maximum atomic E-state index is 13.3. The summed E-state index contributed by atoms with van der Waals surface area (Å²) in [5, 5.41) is 29.4. The molecule has 6 aromatic heterocycles. The molecule has 0 amide bonds. The van der Waals surface area contributed by atoms with Gasteiger partial charge in [0.2, 0.25) is 21.8 Å². The summed E-state index contributed by atoms with van der Waals surface area (Å²) in [5.41, 5.74) is 2.41. The first-order valence-corrected chi connectivity index (χ1v) is 28.1. The Hall–Kier alpha value is -5.33. The Balaban J connectivity index is 0.000000177. The number of sulfonamides is 1. The van der Waals surface area contributed by atoms with E-state index in [1.807, 2.05) is 75.1 Å². The standard InChI is InChI=1S/C23H28N8O2S.C20H22N6O.C4H9NO2S.CHCl3/c1-22(2,3)21(32)30-10-7-18-19(26-15-27-20(18)30)16-11-28-31(12-16)23(8-9-24)13-29(14-23)34(33,25-4)17-5-6-17;1-19(2,3)18(27)25-10-5-15-16(22-13-23-17(15)25)14-11-24-26(12-14)20(8-9-21)6-4-7-20;1-5-8(6,7)4-2-3-4;2-1(3)4/h7,10-12,15,17H,5-6,8,13-14H2,1-4H3;5,10-13H,4,6-8H2,1-3H3;4-5H,2-3H2,1H3;1H. The number of nitrogens with one attached hydrogen (secondary N) is 1. The van der Waals surface area contributed by atoms with Gasteiger partial charge < -0.3 is 0 Å². The van der Waals surface area contributed by atoms with E-state index in [0.29, 0.717) is 36.5 Å². The summed E-state index contributed by atoms with van der Waals surface area (Å²) >= 11 is 14.4. The lowest BCUT2D eigenvalue weighted by molar-refractivity contribution is 0.0747. The Morgan fingerprint density at radius 2 is 1.18 bits per heavy atom. The first-order chi connectivity index (χ1) is 34.4. The van der Waals surface area contributed by atoms with E-state index >= 15 is 0 Å². The van der Waals surface area contributed by atoms with Gasteiger partial charge in [0.15, 0.2) is 15.6 Å². The minimum Gasteiger partial charge on any atom is -0.273 e. The largest absolute Gasteiger partial charge is 0.273 e. The Morgan fingerprint density at radius 3 is 1.52 bits per heavy atom. The maximum Gasteiger partial charge on any atom is 0.237 e. The number of aromatic nitrogens is 10. The molecule has 6 aromatic rings. The number of nitrogens with zero attached hydrogens (tertiary/aromatic N) is 14. The zero-order valence-corrected chi connectivity index (χ0v) is 45.9. The van der Waals surface area contributed by atoms with Crippen LogP contribution in [0, 0.1) is 33.5 Å². The molecule has 1 saturated heterocycles. The quantitative estimate of drug-likeness (QED) is 0.126. The normalized spacial score (nSPS) is 18.0. The molecule has 73 heavy (non-hydrogen) atoms. The molecule has 4 aliphatic rings. The molecule has 0 bridgehead atoms. The molecule has 390 valence electrons. The van der Waals surface area contributed by atoms with Crippen molar-refractivity contribution in [3.8, 4) is 34.7 Å². The molecule has 10 rings (SSSR count). The lowest BCUT2D eigenvalue weighted by Gasteiger charge is -2.49. The predicted octanol–water partition coefficient (Wildman–Crippen LogP) is 8.54. The van der Waals surface area contributed by atoms with E-state index in [1.165, 1.54) is 19.7 Å². The lowest BCUT2D eigenvalue weighted by Crippen LogP contribution is -2.64. The van der Waals surface area contributed by atoms with Gasteiger partial charge >= 0.3 is 0 Å². The van der Waals surface area contributed by atoms with Crippen molar-refractivity contribution in [3.63, 3.8) is 0 Å². The summed E-state index contributed by atoms with van der Waals surface area (Å²) in [7, 11) is -2.22. The van der Waals surface area contributed by atoms with Gasteiger partial charge in [-0.15, -0.1) is 0 Å². The molecule has 1 atom stereocenters. The maximum absolute atomic E-state index is 13.3. The highest BCUT2D eigenvalue weighted by Gasteiger charge is 2.52. The Morgan fingerprint density at radius 1 is 0.753 bits per heavy atom. The molecule has 1 aliphatic heterocycles. The number of hydrogen-bond acceptors (Lipinski definition) is 14. The molecule has 0 aromatic carbocycles. The van der Waals surface area contributed by atoms with Gasteiger partial charge in [0.05, 0.1) is 64.8 Å². The number of carbonyl (C=O) groups excluding carboxylic acids is 2. The molecule has 4 fully saturated rings. The van der Waals surface area contributed by atoms with Crippen LogP contribution in [0.3, 0.4) is 0 Å². The second-order valence-electron chi connectivity index (χ2n) is 20.6. The zero-order valence-electron chi connectivity index (χ0n) is 42.0. The fourth-order valence-corrected chi connectivity index (χ4v) is 12.4. The van der Waals surface area contributed by atoms with E-state index in [9.17, 15) is 27.5 Å². The van der Waals surface area contributed by atoms with Gasteiger partial charge in [-0.25, -0.2) is 46.0 Å². The summed E-state index contributed by atoms with van der Waals surface area (Å²) in [6.07, 6.45) is 21.1. The number of hydrogen-bond donors (Lipinski definition) is 1. The number of fused-ring (bicyclic) bond motifs is 2. The highest BCUT2D eigenvalue weighted by atomic mass is 35.6. The Labute approximate surface area is 440 Å². The number of carbonyl (C=O) groups is 2. The third-order valence-electron chi connectivity index (χ3n) is 13.2. The summed E-state index contributed by atoms with van der Waals surface area (Å²) < 4.78 is 49.2. The fraction of sp³-hybridized carbons (Fsp3) is 0.542. The monoisotopic (exact) mass is 1100 g/mol. The summed E-state index contributed by atoms with van der Waals surface area (Å²) in [5.74, 6) is -0.0636. The Kier molecular flexibility index (Phi) is 16.3. The smallest absolute Gasteiger partial charge is 0.237 e. The van der Waals surface area contributed by atoms with Crippen LogP contribution in [-0.4, -0.2) is 119 Å². The van der Waals surface area contributed by atoms with Crippen molar-refractivity contribution in [1.29, 1.82) is 10.5 Å². The van der Waals surface area contributed by atoms with E-state index in [2.05, 4.69) is 51.4 Å². The molecule has 3 saturated carbocycles.